The molecule has 17 heavy (non-hydrogen) atoms. The number of rotatable bonds is 2. The van der Waals surface area contributed by atoms with Crippen molar-refractivity contribution in [1.82, 2.24) is 9.80 Å². The van der Waals surface area contributed by atoms with Crippen LogP contribution in [-0.4, -0.2) is 40.4 Å². The molecule has 4 heteroatoms. The number of urea groups is 1. The molecule has 2 fully saturated rings. The van der Waals surface area contributed by atoms with Gasteiger partial charge in [0.2, 0.25) is 5.91 Å². The second-order valence-electron chi connectivity index (χ2n) is 5.18. The zero-order valence-corrected chi connectivity index (χ0v) is 10.8. The Labute approximate surface area is 103 Å². The Morgan fingerprint density at radius 3 is 2.41 bits per heavy atom. The molecule has 2 aliphatic rings. The average Bonchev–Trinajstić information content (AvgIpc) is 2.30. The number of nitrogens with zero attached hydrogens (tertiary/aromatic N) is 2. The fraction of sp³-hybridized carbons (Fsp3) is 0.846. The van der Waals surface area contributed by atoms with Gasteiger partial charge < -0.3 is 4.90 Å². The summed E-state index contributed by atoms with van der Waals surface area (Å²) in [5.74, 6) is 0.0269. The van der Waals surface area contributed by atoms with Crippen LogP contribution in [0, 0.1) is 0 Å². The summed E-state index contributed by atoms with van der Waals surface area (Å²) in [6, 6.07) is 0.147. The van der Waals surface area contributed by atoms with Gasteiger partial charge in [-0.1, -0.05) is 19.3 Å². The summed E-state index contributed by atoms with van der Waals surface area (Å²) in [6.07, 6.45) is 5.98. The van der Waals surface area contributed by atoms with Crippen molar-refractivity contribution in [2.75, 3.05) is 6.54 Å². The Morgan fingerprint density at radius 2 is 1.82 bits per heavy atom. The Bertz CT molecular complexity index is 311. The third kappa shape index (κ3) is 2.31. The molecule has 4 nitrogen and oxygen atoms in total. The van der Waals surface area contributed by atoms with E-state index in [0.29, 0.717) is 13.0 Å². The van der Waals surface area contributed by atoms with Gasteiger partial charge in [0.1, 0.15) is 0 Å². The largest absolute Gasteiger partial charge is 0.327 e. The van der Waals surface area contributed by atoms with Crippen molar-refractivity contribution in [1.29, 1.82) is 0 Å². The van der Waals surface area contributed by atoms with Crippen LogP contribution >= 0.6 is 0 Å². The molecule has 1 atom stereocenters. The summed E-state index contributed by atoms with van der Waals surface area (Å²) >= 11 is 0. The third-order valence-electron chi connectivity index (χ3n) is 4.00. The molecule has 0 N–H and O–H groups in total. The van der Waals surface area contributed by atoms with Crippen molar-refractivity contribution in [3.63, 3.8) is 0 Å². The van der Waals surface area contributed by atoms with E-state index < -0.39 is 0 Å². The van der Waals surface area contributed by atoms with Crippen LogP contribution in [-0.2, 0) is 4.79 Å². The van der Waals surface area contributed by atoms with Gasteiger partial charge >= 0.3 is 6.03 Å². The quantitative estimate of drug-likeness (QED) is 0.741. The number of carbonyl (C=O) groups excluding carboxylic acids is 2. The molecule has 1 saturated carbocycles. The maximum Gasteiger partial charge on any atom is 0.327 e. The number of hydrogen-bond acceptors (Lipinski definition) is 2. The maximum atomic E-state index is 12.3. The van der Waals surface area contributed by atoms with E-state index >= 15 is 0 Å². The normalized spacial score (nSPS) is 27.8. The van der Waals surface area contributed by atoms with E-state index in [1.807, 2.05) is 18.7 Å². The lowest BCUT2D eigenvalue weighted by atomic mass is 9.93. The Balaban J connectivity index is 2.13. The van der Waals surface area contributed by atoms with Gasteiger partial charge in [-0.05, 0) is 26.7 Å². The summed E-state index contributed by atoms with van der Waals surface area (Å²) in [7, 11) is 0. The van der Waals surface area contributed by atoms with Crippen LogP contribution in [0.4, 0.5) is 4.79 Å². The Kier molecular flexibility index (Phi) is 3.69. The molecule has 1 aliphatic carbocycles. The van der Waals surface area contributed by atoms with Crippen LogP contribution < -0.4 is 0 Å². The minimum atomic E-state index is -0.0665. The van der Waals surface area contributed by atoms with Gasteiger partial charge in [0.05, 0.1) is 0 Å². The molecule has 0 radical (unpaired) electrons. The molecular weight excluding hydrogens is 216 g/mol. The first-order valence-electron chi connectivity index (χ1n) is 6.77. The molecule has 0 aromatic heterocycles. The maximum absolute atomic E-state index is 12.3. The summed E-state index contributed by atoms with van der Waals surface area (Å²) in [4.78, 5) is 27.7. The monoisotopic (exact) mass is 238 g/mol. The first-order chi connectivity index (χ1) is 8.15. The fourth-order valence-electron chi connectivity index (χ4n) is 3.04. The van der Waals surface area contributed by atoms with E-state index in [0.717, 1.165) is 25.7 Å². The van der Waals surface area contributed by atoms with Gasteiger partial charge in [-0.15, -0.1) is 0 Å². The van der Waals surface area contributed by atoms with Crippen molar-refractivity contribution in [3.05, 3.63) is 0 Å². The second-order valence-corrected chi connectivity index (χ2v) is 5.18. The van der Waals surface area contributed by atoms with Gasteiger partial charge in [0.25, 0.3) is 0 Å². The summed E-state index contributed by atoms with van der Waals surface area (Å²) < 4.78 is 0. The average molecular weight is 238 g/mol. The van der Waals surface area contributed by atoms with Gasteiger partial charge in [-0.2, -0.15) is 0 Å². The Hall–Kier alpha value is -1.06. The van der Waals surface area contributed by atoms with E-state index in [9.17, 15) is 9.59 Å². The molecule has 1 saturated heterocycles. The lowest BCUT2D eigenvalue weighted by Gasteiger charge is -2.42. The van der Waals surface area contributed by atoms with E-state index in [2.05, 4.69) is 0 Å². The molecular formula is C13H22N2O2. The molecule has 1 aliphatic heterocycles. The molecule has 0 spiro atoms. The topological polar surface area (TPSA) is 40.6 Å². The van der Waals surface area contributed by atoms with Crippen LogP contribution in [0.3, 0.4) is 0 Å². The zero-order valence-electron chi connectivity index (χ0n) is 10.8. The fourth-order valence-corrected chi connectivity index (χ4v) is 3.04. The number of imide groups is 1. The molecule has 0 bridgehead atoms. The molecule has 1 unspecified atom stereocenters. The molecule has 1 heterocycles. The summed E-state index contributed by atoms with van der Waals surface area (Å²) in [6.45, 7) is 4.62. The smallest absolute Gasteiger partial charge is 0.321 e. The van der Waals surface area contributed by atoms with Gasteiger partial charge in [-0.3, -0.25) is 9.69 Å². The minimum absolute atomic E-state index is 0.0269. The third-order valence-corrected chi connectivity index (χ3v) is 4.00. The number of hydrogen-bond donors (Lipinski definition) is 0. The number of amides is 3. The van der Waals surface area contributed by atoms with Crippen LogP contribution in [0.2, 0.25) is 0 Å². The minimum Gasteiger partial charge on any atom is -0.321 e. The number of carbonyl (C=O) groups is 2. The highest BCUT2D eigenvalue weighted by Gasteiger charge is 2.39. The van der Waals surface area contributed by atoms with Crippen LogP contribution in [0.1, 0.15) is 52.4 Å². The van der Waals surface area contributed by atoms with Gasteiger partial charge in [0.15, 0.2) is 0 Å². The van der Waals surface area contributed by atoms with Crippen LogP contribution in [0.15, 0.2) is 0 Å². The van der Waals surface area contributed by atoms with Gasteiger partial charge in [0, 0.05) is 25.0 Å². The van der Waals surface area contributed by atoms with E-state index in [1.165, 1.54) is 6.42 Å². The zero-order chi connectivity index (χ0) is 12.4. The predicted molar refractivity (Wildman–Crippen MR) is 65.6 cm³/mol. The lowest BCUT2D eigenvalue weighted by molar-refractivity contribution is -0.135. The Morgan fingerprint density at radius 1 is 1.18 bits per heavy atom. The summed E-state index contributed by atoms with van der Waals surface area (Å²) in [5, 5.41) is 0. The lowest BCUT2D eigenvalue weighted by Crippen LogP contribution is -2.59. The van der Waals surface area contributed by atoms with E-state index in [-0.39, 0.29) is 24.0 Å². The van der Waals surface area contributed by atoms with Crippen molar-refractivity contribution in [2.45, 2.75) is 64.5 Å². The van der Waals surface area contributed by atoms with Crippen molar-refractivity contribution in [2.24, 2.45) is 0 Å². The first-order valence-corrected chi connectivity index (χ1v) is 6.77. The molecule has 96 valence electrons. The van der Waals surface area contributed by atoms with Crippen molar-refractivity contribution >= 4 is 11.9 Å². The summed E-state index contributed by atoms with van der Waals surface area (Å²) in [5.41, 5.74) is 0. The standard InChI is InChI=1S/C13H22N2O2/c1-3-14-10(2)9-12(16)15(13(14)17)11-7-5-4-6-8-11/h10-11H,3-9H2,1-2H3. The van der Waals surface area contributed by atoms with Crippen molar-refractivity contribution < 1.29 is 9.59 Å². The van der Waals surface area contributed by atoms with Crippen molar-refractivity contribution in [3.8, 4) is 0 Å². The highest BCUT2D eigenvalue weighted by molar-refractivity contribution is 5.97. The van der Waals surface area contributed by atoms with E-state index in [4.69, 9.17) is 0 Å². The molecule has 0 aromatic rings. The second kappa shape index (κ2) is 5.07. The van der Waals surface area contributed by atoms with Gasteiger partial charge in [-0.25, -0.2) is 4.79 Å². The highest BCUT2D eigenvalue weighted by Crippen LogP contribution is 2.27. The first kappa shape index (κ1) is 12.4. The SMILES string of the molecule is CCN1C(=O)N(C2CCCCC2)C(=O)CC1C. The highest BCUT2D eigenvalue weighted by atomic mass is 16.2. The molecule has 2 rings (SSSR count). The predicted octanol–water partition coefficient (Wildman–Crippen LogP) is 2.38. The van der Waals surface area contributed by atoms with Crippen LogP contribution in [0.5, 0.6) is 0 Å². The van der Waals surface area contributed by atoms with E-state index in [1.54, 1.807) is 4.90 Å². The molecule has 0 aromatic carbocycles. The molecule has 3 amide bonds. The van der Waals surface area contributed by atoms with Crippen LogP contribution in [0.25, 0.3) is 0 Å².